The van der Waals surface area contributed by atoms with Gasteiger partial charge in [0, 0.05) is 12.8 Å². The number of hydrogen-bond acceptors (Lipinski definition) is 2. The van der Waals surface area contributed by atoms with Crippen molar-refractivity contribution in [3.05, 3.63) is 34.9 Å². The van der Waals surface area contributed by atoms with Gasteiger partial charge < -0.3 is 4.74 Å². The average Bonchev–Trinajstić information content (AvgIpc) is 2.65. The van der Waals surface area contributed by atoms with Crippen molar-refractivity contribution in [2.45, 2.75) is 132 Å². The van der Waals surface area contributed by atoms with Gasteiger partial charge in [0.2, 0.25) is 0 Å². The van der Waals surface area contributed by atoms with Crippen LogP contribution < -0.4 is 0 Å². The van der Waals surface area contributed by atoms with Crippen molar-refractivity contribution in [3.63, 3.8) is 0 Å². The predicted molar refractivity (Wildman–Crippen MR) is 133 cm³/mol. The van der Waals surface area contributed by atoms with E-state index in [-0.39, 0.29) is 12.1 Å². The molecule has 0 amide bonds. The zero-order chi connectivity index (χ0) is 22.8. The highest BCUT2D eigenvalue weighted by atomic mass is 16.5. The van der Waals surface area contributed by atoms with E-state index < -0.39 is 0 Å². The second kappa shape index (κ2) is 18.5. The summed E-state index contributed by atoms with van der Waals surface area (Å²) in [7, 11) is 0. The monoisotopic (exact) mass is 418 g/mol. The quantitative estimate of drug-likeness (QED) is 0.134. The summed E-state index contributed by atoms with van der Waals surface area (Å²) in [6.45, 7) is 15.3. The van der Waals surface area contributed by atoms with E-state index in [4.69, 9.17) is 4.74 Å². The topological polar surface area (TPSA) is 26.3 Å². The molecule has 0 aliphatic heterocycles. The lowest BCUT2D eigenvalue weighted by Gasteiger charge is -2.21. The molecule has 2 heteroatoms. The zero-order valence-corrected chi connectivity index (χ0v) is 21.2. The molecule has 0 saturated carbocycles. The smallest absolute Gasteiger partial charge is 0.306 e. The van der Waals surface area contributed by atoms with Crippen molar-refractivity contribution in [1.29, 1.82) is 0 Å². The number of allylic oxidation sites excluding steroid dienone is 5. The van der Waals surface area contributed by atoms with Crippen molar-refractivity contribution in [3.8, 4) is 0 Å². The van der Waals surface area contributed by atoms with Crippen LogP contribution in [-0.2, 0) is 9.53 Å². The third kappa shape index (κ3) is 18.7. The highest BCUT2D eigenvalue weighted by Gasteiger charge is 2.17. The Morgan fingerprint density at radius 3 is 2.10 bits per heavy atom. The summed E-state index contributed by atoms with van der Waals surface area (Å²) in [5, 5.41) is 0. The first kappa shape index (κ1) is 28.7. The molecule has 30 heavy (non-hydrogen) atoms. The summed E-state index contributed by atoms with van der Waals surface area (Å²) in [5.41, 5.74) is 4.15. The molecule has 0 rings (SSSR count). The Bertz CT molecular complexity index is 531. The van der Waals surface area contributed by atoms with Gasteiger partial charge in [0.15, 0.2) is 0 Å². The van der Waals surface area contributed by atoms with Crippen LogP contribution in [0.25, 0.3) is 0 Å². The van der Waals surface area contributed by atoms with E-state index in [0.29, 0.717) is 12.3 Å². The van der Waals surface area contributed by atoms with E-state index in [1.54, 1.807) is 0 Å². The molecule has 0 aliphatic rings. The number of esters is 1. The van der Waals surface area contributed by atoms with Crippen molar-refractivity contribution in [2.24, 2.45) is 5.92 Å². The van der Waals surface area contributed by atoms with Gasteiger partial charge in [-0.3, -0.25) is 4.79 Å². The van der Waals surface area contributed by atoms with Crippen LogP contribution in [0.4, 0.5) is 0 Å². The summed E-state index contributed by atoms with van der Waals surface area (Å²) >= 11 is 0. The Morgan fingerprint density at radius 1 is 0.833 bits per heavy atom. The van der Waals surface area contributed by atoms with Gasteiger partial charge >= 0.3 is 5.97 Å². The number of ether oxygens (including phenoxy) is 1. The summed E-state index contributed by atoms with van der Waals surface area (Å²) in [6.07, 6.45) is 19.5. The number of carbonyl (C=O) groups is 1. The van der Waals surface area contributed by atoms with Gasteiger partial charge in [0.05, 0.1) is 0 Å². The molecule has 0 saturated heterocycles. The number of hydrogen-bond donors (Lipinski definition) is 0. The highest BCUT2D eigenvalue weighted by molar-refractivity contribution is 5.69. The van der Waals surface area contributed by atoms with Crippen molar-refractivity contribution < 1.29 is 9.53 Å². The van der Waals surface area contributed by atoms with Crippen LogP contribution >= 0.6 is 0 Å². The maximum absolute atomic E-state index is 12.4. The second-order valence-corrected chi connectivity index (χ2v) is 9.58. The molecule has 0 aromatic rings. The van der Waals surface area contributed by atoms with Crippen LogP contribution in [0.15, 0.2) is 34.9 Å². The van der Waals surface area contributed by atoms with E-state index >= 15 is 0 Å². The van der Waals surface area contributed by atoms with Gasteiger partial charge in [-0.1, -0.05) is 74.5 Å². The molecule has 0 bridgehead atoms. The minimum Gasteiger partial charge on any atom is -0.462 e. The van der Waals surface area contributed by atoms with Gasteiger partial charge in [-0.05, 0) is 79.1 Å². The maximum Gasteiger partial charge on any atom is 0.306 e. The molecule has 0 aromatic heterocycles. The Hall–Kier alpha value is -1.31. The molecular formula is C28H50O2. The fraction of sp³-hybridized carbons (Fsp3) is 0.750. The van der Waals surface area contributed by atoms with Gasteiger partial charge in [0.1, 0.15) is 6.10 Å². The van der Waals surface area contributed by atoms with Crippen LogP contribution in [-0.4, -0.2) is 12.1 Å². The Kier molecular flexibility index (Phi) is 17.7. The SMILES string of the molecule is CCCCCCCC(=O)OC(C/C=C(\C)CCC=C(C)C)CC(C)CCC=C(C)C. The van der Waals surface area contributed by atoms with E-state index in [2.05, 4.69) is 66.7 Å². The molecule has 2 atom stereocenters. The van der Waals surface area contributed by atoms with Crippen LogP contribution in [0.2, 0.25) is 0 Å². The molecule has 0 aliphatic carbocycles. The fourth-order valence-electron chi connectivity index (χ4n) is 3.56. The van der Waals surface area contributed by atoms with Crippen LogP contribution in [0.3, 0.4) is 0 Å². The summed E-state index contributed by atoms with van der Waals surface area (Å²) in [5.74, 6) is 0.547. The molecule has 174 valence electrons. The van der Waals surface area contributed by atoms with E-state index in [0.717, 1.165) is 51.4 Å². The van der Waals surface area contributed by atoms with Gasteiger partial charge in [0.25, 0.3) is 0 Å². The molecule has 0 aromatic carbocycles. The van der Waals surface area contributed by atoms with Gasteiger partial charge in [-0.2, -0.15) is 0 Å². The Labute approximate surface area is 188 Å². The fourth-order valence-corrected chi connectivity index (χ4v) is 3.56. The third-order valence-electron chi connectivity index (χ3n) is 5.48. The summed E-state index contributed by atoms with van der Waals surface area (Å²) in [4.78, 5) is 12.4. The first-order chi connectivity index (χ1) is 14.2. The van der Waals surface area contributed by atoms with Crippen molar-refractivity contribution in [2.75, 3.05) is 0 Å². The lowest BCUT2D eigenvalue weighted by atomic mass is 9.95. The van der Waals surface area contributed by atoms with Gasteiger partial charge in [-0.15, -0.1) is 0 Å². The van der Waals surface area contributed by atoms with E-state index in [9.17, 15) is 4.79 Å². The molecular weight excluding hydrogens is 368 g/mol. The minimum absolute atomic E-state index is 0.00764. The van der Waals surface area contributed by atoms with Crippen LogP contribution in [0, 0.1) is 5.92 Å². The average molecular weight is 419 g/mol. The molecule has 0 fully saturated rings. The predicted octanol–water partition coefficient (Wildman–Crippen LogP) is 9.11. The molecule has 0 spiro atoms. The highest BCUT2D eigenvalue weighted by Crippen LogP contribution is 2.20. The summed E-state index contributed by atoms with van der Waals surface area (Å²) < 4.78 is 5.94. The molecule has 2 nitrogen and oxygen atoms in total. The zero-order valence-electron chi connectivity index (χ0n) is 21.2. The van der Waals surface area contributed by atoms with Crippen molar-refractivity contribution in [1.82, 2.24) is 0 Å². The number of rotatable bonds is 17. The lowest BCUT2D eigenvalue weighted by Crippen LogP contribution is -2.20. The van der Waals surface area contributed by atoms with Crippen molar-refractivity contribution >= 4 is 5.97 Å². The molecule has 0 heterocycles. The normalized spacial score (nSPS) is 13.5. The van der Waals surface area contributed by atoms with E-state index in [1.807, 2.05) is 0 Å². The molecule has 2 unspecified atom stereocenters. The third-order valence-corrected chi connectivity index (χ3v) is 5.48. The Balaban J connectivity index is 4.68. The van der Waals surface area contributed by atoms with Crippen LogP contribution in [0.1, 0.15) is 126 Å². The number of carbonyl (C=O) groups excluding carboxylic acids is 1. The minimum atomic E-state index is -0.0106. The van der Waals surface area contributed by atoms with Crippen LogP contribution in [0.5, 0.6) is 0 Å². The largest absolute Gasteiger partial charge is 0.462 e. The maximum atomic E-state index is 12.4. The Morgan fingerprint density at radius 2 is 1.47 bits per heavy atom. The summed E-state index contributed by atoms with van der Waals surface area (Å²) in [6, 6.07) is 0. The molecule has 0 N–H and O–H groups in total. The van der Waals surface area contributed by atoms with E-state index in [1.165, 1.54) is 36.0 Å². The first-order valence-corrected chi connectivity index (χ1v) is 12.4. The number of unbranched alkanes of at least 4 members (excludes halogenated alkanes) is 4. The van der Waals surface area contributed by atoms with Gasteiger partial charge in [-0.25, -0.2) is 0 Å². The first-order valence-electron chi connectivity index (χ1n) is 12.4. The molecule has 0 radical (unpaired) electrons. The standard InChI is InChI=1S/C28H50O2/c1-8-9-10-11-12-19-28(29)30-27(22-26(7)18-14-16-24(4)5)21-20-25(6)17-13-15-23(2)3/h15-16,20,26-27H,8-14,17-19,21-22H2,1-7H3/b25-20+. The second-order valence-electron chi connectivity index (χ2n) is 9.58. The lowest BCUT2D eigenvalue weighted by molar-refractivity contribution is -0.149.